The van der Waals surface area contributed by atoms with Crippen molar-refractivity contribution in [3.63, 3.8) is 0 Å². The molecule has 0 N–H and O–H groups in total. The maximum absolute atomic E-state index is 12.8. The van der Waals surface area contributed by atoms with Crippen molar-refractivity contribution in [1.82, 2.24) is 4.31 Å². The first-order valence-corrected chi connectivity index (χ1v) is 10.7. The van der Waals surface area contributed by atoms with Gasteiger partial charge in [0.15, 0.2) is 9.84 Å². The monoisotopic (exact) mass is 361 g/mol. The standard InChI is InChI=1S/C15H23NO5S2/c1-4-22(17,18)13-7-9-16(10-8-13)23(19,20)15-11-12(2)5-6-14(15)21-3/h5-6,11,13H,4,7-10H2,1-3H3. The average molecular weight is 361 g/mol. The van der Waals surface area contributed by atoms with Crippen molar-refractivity contribution in [1.29, 1.82) is 0 Å². The van der Waals surface area contributed by atoms with Gasteiger partial charge < -0.3 is 4.74 Å². The number of sulfone groups is 1. The molecule has 1 aromatic carbocycles. The van der Waals surface area contributed by atoms with Gasteiger partial charge in [0.25, 0.3) is 0 Å². The van der Waals surface area contributed by atoms with Crippen molar-refractivity contribution in [2.45, 2.75) is 36.8 Å². The van der Waals surface area contributed by atoms with Crippen LogP contribution in [0.4, 0.5) is 0 Å². The highest BCUT2D eigenvalue weighted by atomic mass is 32.2. The van der Waals surface area contributed by atoms with Crippen LogP contribution in [-0.2, 0) is 19.9 Å². The highest BCUT2D eigenvalue weighted by Crippen LogP contribution is 2.30. The van der Waals surface area contributed by atoms with Crippen LogP contribution in [0.25, 0.3) is 0 Å². The highest BCUT2D eigenvalue weighted by molar-refractivity contribution is 7.92. The fourth-order valence-electron chi connectivity index (χ4n) is 2.79. The molecule has 130 valence electrons. The van der Waals surface area contributed by atoms with E-state index >= 15 is 0 Å². The Morgan fingerprint density at radius 2 is 1.78 bits per heavy atom. The lowest BCUT2D eigenvalue weighted by Crippen LogP contribution is -2.42. The predicted octanol–water partition coefficient (Wildman–Crippen LogP) is 1.59. The largest absolute Gasteiger partial charge is 0.495 e. The van der Waals surface area contributed by atoms with E-state index in [9.17, 15) is 16.8 Å². The van der Waals surface area contributed by atoms with Gasteiger partial charge in [0.05, 0.1) is 12.4 Å². The van der Waals surface area contributed by atoms with E-state index in [1.165, 1.54) is 11.4 Å². The summed E-state index contributed by atoms with van der Waals surface area (Å²) in [5.41, 5.74) is 0.827. The van der Waals surface area contributed by atoms with Gasteiger partial charge in [-0.05, 0) is 37.5 Å². The third-order valence-electron chi connectivity index (χ3n) is 4.25. The fourth-order valence-corrected chi connectivity index (χ4v) is 5.90. The fraction of sp³-hybridized carbons (Fsp3) is 0.600. The van der Waals surface area contributed by atoms with E-state index in [1.54, 1.807) is 25.1 Å². The molecule has 0 radical (unpaired) electrons. The molecule has 8 heteroatoms. The quantitative estimate of drug-likeness (QED) is 0.796. The van der Waals surface area contributed by atoms with Crippen molar-refractivity contribution in [2.75, 3.05) is 26.0 Å². The van der Waals surface area contributed by atoms with Crippen molar-refractivity contribution < 1.29 is 21.6 Å². The first-order chi connectivity index (χ1) is 10.7. The Hall–Kier alpha value is -1.12. The summed E-state index contributed by atoms with van der Waals surface area (Å²) in [5.74, 6) is 0.398. The molecule has 0 unspecified atom stereocenters. The number of benzene rings is 1. The van der Waals surface area contributed by atoms with Crippen molar-refractivity contribution >= 4 is 19.9 Å². The lowest BCUT2D eigenvalue weighted by Gasteiger charge is -2.31. The molecule has 1 heterocycles. The lowest BCUT2D eigenvalue weighted by molar-refractivity contribution is 0.342. The van der Waals surface area contributed by atoms with Gasteiger partial charge in [-0.3, -0.25) is 0 Å². The molecular weight excluding hydrogens is 338 g/mol. The molecular formula is C15H23NO5S2. The Morgan fingerprint density at radius 1 is 1.17 bits per heavy atom. The third kappa shape index (κ3) is 3.70. The third-order valence-corrected chi connectivity index (χ3v) is 8.46. The summed E-state index contributed by atoms with van der Waals surface area (Å²) in [4.78, 5) is 0.136. The van der Waals surface area contributed by atoms with Crippen molar-refractivity contribution in [2.24, 2.45) is 0 Å². The molecule has 0 bridgehead atoms. The van der Waals surface area contributed by atoms with Crippen molar-refractivity contribution in [3.05, 3.63) is 23.8 Å². The van der Waals surface area contributed by atoms with E-state index in [0.29, 0.717) is 18.6 Å². The van der Waals surface area contributed by atoms with Crippen LogP contribution in [0.15, 0.2) is 23.1 Å². The van der Waals surface area contributed by atoms with Gasteiger partial charge in [-0.1, -0.05) is 13.0 Å². The molecule has 1 aromatic rings. The Bertz CT molecular complexity index is 763. The molecule has 0 amide bonds. The number of hydrogen-bond acceptors (Lipinski definition) is 5. The zero-order valence-corrected chi connectivity index (χ0v) is 15.3. The summed E-state index contributed by atoms with van der Waals surface area (Å²) in [6, 6.07) is 5.01. The Kier molecular flexibility index (Phi) is 5.37. The second-order valence-electron chi connectivity index (χ2n) is 5.71. The average Bonchev–Trinajstić information content (AvgIpc) is 2.55. The van der Waals surface area contributed by atoms with Crippen LogP contribution in [0.2, 0.25) is 0 Å². The summed E-state index contributed by atoms with van der Waals surface area (Å²) >= 11 is 0. The van der Waals surface area contributed by atoms with E-state index in [0.717, 1.165) is 5.56 Å². The van der Waals surface area contributed by atoms with Crippen LogP contribution >= 0.6 is 0 Å². The summed E-state index contributed by atoms with van der Waals surface area (Å²) in [6.07, 6.45) is 0.674. The van der Waals surface area contributed by atoms with Gasteiger partial charge in [-0.25, -0.2) is 16.8 Å². The first-order valence-electron chi connectivity index (χ1n) is 7.58. The number of nitrogens with zero attached hydrogens (tertiary/aromatic N) is 1. The minimum atomic E-state index is -3.69. The van der Waals surface area contributed by atoms with Crippen LogP contribution in [0.5, 0.6) is 5.75 Å². The molecule has 0 atom stereocenters. The van der Waals surface area contributed by atoms with Crippen LogP contribution in [-0.4, -0.2) is 52.3 Å². The van der Waals surface area contributed by atoms with Gasteiger partial charge in [0, 0.05) is 18.8 Å². The molecule has 1 saturated heterocycles. The topological polar surface area (TPSA) is 80.8 Å². The maximum atomic E-state index is 12.8. The van der Waals surface area contributed by atoms with Crippen molar-refractivity contribution in [3.8, 4) is 5.75 Å². The Balaban J connectivity index is 2.25. The Labute approximate surface area is 138 Å². The normalized spacial score (nSPS) is 18.0. The highest BCUT2D eigenvalue weighted by Gasteiger charge is 2.35. The molecule has 0 spiro atoms. The second kappa shape index (κ2) is 6.78. The minimum absolute atomic E-state index is 0.0934. The minimum Gasteiger partial charge on any atom is -0.495 e. The van der Waals surface area contributed by atoms with E-state index in [-0.39, 0.29) is 23.7 Å². The molecule has 6 nitrogen and oxygen atoms in total. The zero-order chi connectivity index (χ0) is 17.3. The molecule has 1 aliphatic rings. The summed E-state index contributed by atoms with van der Waals surface area (Å²) in [6.45, 7) is 3.86. The maximum Gasteiger partial charge on any atom is 0.246 e. The van der Waals surface area contributed by atoms with Crippen LogP contribution < -0.4 is 4.74 Å². The number of piperidine rings is 1. The van der Waals surface area contributed by atoms with Crippen LogP contribution in [0, 0.1) is 6.92 Å². The molecule has 0 aliphatic carbocycles. The first kappa shape index (κ1) is 18.2. The number of aryl methyl sites for hydroxylation is 1. The van der Waals surface area contributed by atoms with E-state index in [4.69, 9.17) is 4.74 Å². The SMILES string of the molecule is CCS(=O)(=O)C1CCN(S(=O)(=O)c2cc(C)ccc2OC)CC1. The summed E-state index contributed by atoms with van der Waals surface area (Å²) < 4.78 is 56.1. The number of rotatable bonds is 5. The number of sulfonamides is 1. The molecule has 2 rings (SSSR count). The van der Waals surface area contributed by atoms with Gasteiger partial charge in [0.2, 0.25) is 10.0 Å². The summed E-state index contributed by atoms with van der Waals surface area (Å²) in [7, 11) is -5.38. The van der Waals surface area contributed by atoms with Crippen LogP contribution in [0.3, 0.4) is 0 Å². The summed E-state index contributed by atoms with van der Waals surface area (Å²) in [5, 5.41) is -0.446. The number of ether oxygens (including phenoxy) is 1. The van der Waals surface area contributed by atoms with E-state index < -0.39 is 25.1 Å². The van der Waals surface area contributed by atoms with Crippen LogP contribution in [0.1, 0.15) is 25.3 Å². The zero-order valence-electron chi connectivity index (χ0n) is 13.6. The number of hydrogen-bond donors (Lipinski definition) is 0. The molecule has 1 aliphatic heterocycles. The molecule has 0 saturated carbocycles. The molecule has 1 fully saturated rings. The Morgan fingerprint density at radius 3 is 2.30 bits per heavy atom. The second-order valence-corrected chi connectivity index (χ2v) is 10.2. The number of methoxy groups -OCH3 is 1. The van der Waals surface area contributed by atoms with E-state index in [2.05, 4.69) is 0 Å². The van der Waals surface area contributed by atoms with Gasteiger partial charge >= 0.3 is 0 Å². The molecule has 0 aromatic heterocycles. The van der Waals surface area contributed by atoms with Gasteiger partial charge in [-0.15, -0.1) is 0 Å². The smallest absolute Gasteiger partial charge is 0.246 e. The predicted molar refractivity (Wildman–Crippen MR) is 89.0 cm³/mol. The van der Waals surface area contributed by atoms with Gasteiger partial charge in [0.1, 0.15) is 10.6 Å². The lowest BCUT2D eigenvalue weighted by atomic mass is 10.2. The van der Waals surface area contributed by atoms with Gasteiger partial charge in [-0.2, -0.15) is 4.31 Å². The molecule has 23 heavy (non-hydrogen) atoms. The van der Waals surface area contributed by atoms with E-state index in [1.807, 2.05) is 6.92 Å².